The molecule has 0 bridgehead atoms. The number of ether oxygens (including phenoxy) is 1. The second kappa shape index (κ2) is 7.65. The molecule has 0 aliphatic carbocycles. The minimum absolute atomic E-state index is 0.128. The van der Waals surface area contributed by atoms with Gasteiger partial charge in [0.1, 0.15) is 17.6 Å². The van der Waals surface area contributed by atoms with Crippen LogP contribution in [0.25, 0.3) is 0 Å². The van der Waals surface area contributed by atoms with Crippen molar-refractivity contribution < 1.29 is 9.15 Å². The van der Waals surface area contributed by atoms with Crippen LogP contribution in [0.4, 0.5) is 0 Å². The third-order valence-corrected chi connectivity index (χ3v) is 5.81. The van der Waals surface area contributed by atoms with Crippen LogP contribution in [-0.2, 0) is 16.7 Å². The van der Waals surface area contributed by atoms with Crippen molar-refractivity contribution in [2.45, 2.75) is 50.2 Å². The molecule has 4 heteroatoms. The van der Waals surface area contributed by atoms with E-state index in [1.807, 2.05) is 18.2 Å². The van der Waals surface area contributed by atoms with Gasteiger partial charge < -0.3 is 9.15 Å². The van der Waals surface area contributed by atoms with E-state index in [1.165, 1.54) is 6.42 Å². The fraction of sp³-hybridized carbons (Fsp3) is 0.500. The molecule has 3 heterocycles. The molecule has 0 radical (unpaired) electrons. The maximum Gasteiger partial charge on any atom is 0.133 e. The molecule has 4 rings (SSSR count). The minimum Gasteiger partial charge on any atom is -0.462 e. The number of likely N-dealkylation sites (tertiary alicyclic amines) is 1. The Kier molecular flexibility index (Phi) is 5.10. The lowest BCUT2D eigenvalue weighted by atomic mass is 9.74. The van der Waals surface area contributed by atoms with E-state index in [2.05, 4.69) is 35.2 Å². The van der Waals surface area contributed by atoms with Crippen LogP contribution in [-0.4, -0.2) is 24.6 Å². The smallest absolute Gasteiger partial charge is 0.133 e. The molecule has 1 aromatic carbocycles. The number of hydrogen-bond donors (Lipinski definition) is 0. The fourth-order valence-corrected chi connectivity index (χ4v) is 4.15. The topological polar surface area (TPSA) is 49.4 Å². The number of rotatable bonds is 4. The van der Waals surface area contributed by atoms with E-state index in [1.54, 1.807) is 0 Å². The number of benzene rings is 1. The first-order chi connectivity index (χ1) is 12.8. The molecule has 136 valence electrons. The summed E-state index contributed by atoms with van der Waals surface area (Å²) in [5.41, 5.74) is 0.805. The van der Waals surface area contributed by atoms with E-state index in [4.69, 9.17) is 9.15 Å². The number of furan rings is 1. The Labute approximate surface area is 155 Å². The van der Waals surface area contributed by atoms with E-state index in [9.17, 15) is 5.26 Å². The van der Waals surface area contributed by atoms with Crippen LogP contribution in [0.5, 0.6) is 0 Å². The Morgan fingerprint density at radius 1 is 1.08 bits per heavy atom. The highest BCUT2D eigenvalue weighted by Gasteiger charge is 2.36. The zero-order valence-electron chi connectivity index (χ0n) is 15.2. The van der Waals surface area contributed by atoms with Gasteiger partial charge in [-0.25, -0.2) is 0 Å². The maximum absolute atomic E-state index is 9.82. The van der Waals surface area contributed by atoms with Crippen molar-refractivity contribution in [1.82, 2.24) is 4.90 Å². The molecule has 0 N–H and O–H groups in total. The number of nitriles is 1. The molecule has 2 fully saturated rings. The molecule has 0 saturated carbocycles. The van der Waals surface area contributed by atoms with Gasteiger partial charge in [-0.15, -0.1) is 0 Å². The van der Waals surface area contributed by atoms with Gasteiger partial charge in [-0.3, -0.25) is 4.90 Å². The summed E-state index contributed by atoms with van der Waals surface area (Å²) in [7, 11) is 0. The molecule has 4 nitrogen and oxygen atoms in total. The first-order valence-electron chi connectivity index (χ1n) is 9.68. The van der Waals surface area contributed by atoms with Crippen molar-refractivity contribution >= 4 is 0 Å². The fourth-order valence-electron chi connectivity index (χ4n) is 4.15. The number of piperidine rings is 1. The van der Waals surface area contributed by atoms with E-state index in [0.29, 0.717) is 0 Å². The van der Waals surface area contributed by atoms with Crippen molar-refractivity contribution in [2.75, 3.05) is 19.7 Å². The molecular weight excluding hydrogens is 324 g/mol. The van der Waals surface area contributed by atoms with Crippen LogP contribution in [0, 0.1) is 11.3 Å². The lowest BCUT2D eigenvalue weighted by Gasteiger charge is -2.37. The van der Waals surface area contributed by atoms with Gasteiger partial charge in [0, 0.05) is 19.7 Å². The average Bonchev–Trinajstić information content (AvgIpc) is 3.19. The lowest BCUT2D eigenvalue weighted by molar-refractivity contribution is 0.000729. The average molecular weight is 350 g/mol. The molecule has 26 heavy (non-hydrogen) atoms. The van der Waals surface area contributed by atoms with Gasteiger partial charge in [0.05, 0.1) is 18.0 Å². The zero-order chi connectivity index (χ0) is 17.8. The van der Waals surface area contributed by atoms with Gasteiger partial charge in [0.25, 0.3) is 0 Å². The predicted octanol–water partition coefficient (Wildman–Crippen LogP) is 4.58. The molecular formula is C22H26N2O2. The second-order valence-corrected chi connectivity index (χ2v) is 7.50. The van der Waals surface area contributed by atoms with Gasteiger partial charge in [-0.05, 0) is 49.8 Å². The monoisotopic (exact) mass is 350 g/mol. The van der Waals surface area contributed by atoms with E-state index < -0.39 is 0 Å². The highest BCUT2D eigenvalue weighted by atomic mass is 16.5. The summed E-state index contributed by atoms with van der Waals surface area (Å²) >= 11 is 0. The molecule has 2 aliphatic heterocycles. The molecule has 0 spiro atoms. The Bertz CT molecular complexity index is 748. The van der Waals surface area contributed by atoms with Crippen molar-refractivity contribution in [3.8, 4) is 6.07 Å². The summed E-state index contributed by atoms with van der Waals surface area (Å²) in [6.45, 7) is 3.47. The van der Waals surface area contributed by atoms with Crippen LogP contribution in [0.15, 0.2) is 46.9 Å². The van der Waals surface area contributed by atoms with Crippen molar-refractivity contribution in [2.24, 2.45) is 0 Å². The van der Waals surface area contributed by atoms with Gasteiger partial charge >= 0.3 is 0 Å². The van der Waals surface area contributed by atoms with Crippen molar-refractivity contribution in [1.29, 1.82) is 5.26 Å². The van der Waals surface area contributed by atoms with Crippen LogP contribution in [0.1, 0.15) is 55.3 Å². The number of nitrogens with zero attached hydrogens (tertiary/aromatic N) is 2. The van der Waals surface area contributed by atoms with Gasteiger partial charge in [-0.1, -0.05) is 30.3 Å². The van der Waals surface area contributed by atoms with Crippen LogP contribution in [0.2, 0.25) is 0 Å². The number of hydrogen-bond acceptors (Lipinski definition) is 4. The maximum atomic E-state index is 9.82. The largest absolute Gasteiger partial charge is 0.462 e. The molecule has 1 atom stereocenters. The van der Waals surface area contributed by atoms with Crippen molar-refractivity contribution in [3.63, 3.8) is 0 Å². The van der Waals surface area contributed by atoms with E-state index in [-0.39, 0.29) is 11.5 Å². The van der Waals surface area contributed by atoms with E-state index >= 15 is 0 Å². The van der Waals surface area contributed by atoms with Gasteiger partial charge in [0.15, 0.2) is 0 Å². The molecule has 0 unspecified atom stereocenters. The van der Waals surface area contributed by atoms with Gasteiger partial charge in [-0.2, -0.15) is 5.26 Å². The molecule has 2 aliphatic rings. The molecule has 2 aromatic rings. The normalized spacial score (nSPS) is 23.4. The van der Waals surface area contributed by atoms with Crippen LogP contribution >= 0.6 is 0 Å². The first kappa shape index (κ1) is 17.3. The Balaban J connectivity index is 1.37. The summed E-state index contributed by atoms with van der Waals surface area (Å²) in [5.74, 6) is 1.96. The standard InChI is InChI=1S/C22H26N2O2/c23-17-22(18-6-2-1-3-7-18)11-13-24(14-12-22)16-19-9-10-21(26-19)20-8-4-5-15-25-20/h1-3,6-7,9-10,20H,4-5,8,11-16H2/t20-/m1/s1. The molecule has 1 aromatic heterocycles. The van der Waals surface area contributed by atoms with Gasteiger partial charge in [0.2, 0.25) is 0 Å². The minimum atomic E-state index is -0.345. The lowest BCUT2D eigenvalue weighted by Crippen LogP contribution is -2.41. The summed E-state index contributed by atoms with van der Waals surface area (Å²) in [5, 5.41) is 9.82. The first-order valence-corrected chi connectivity index (χ1v) is 9.68. The third-order valence-electron chi connectivity index (χ3n) is 5.81. The predicted molar refractivity (Wildman–Crippen MR) is 99.5 cm³/mol. The third kappa shape index (κ3) is 3.56. The zero-order valence-corrected chi connectivity index (χ0v) is 15.2. The summed E-state index contributed by atoms with van der Waals surface area (Å²) in [6, 6.07) is 17.0. The van der Waals surface area contributed by atoms with E-state index in [0.717, 1.165) is 69.0 Å². The Morgan fingerprint density at radius 3 is 2.58 bits per heavy atom. The van der Waals surface area contributed by atoms with Crippen molar-refractivity contribution in [3.05, 3.63) is 59.5 Å². The second-order valence-electron chi connectivity index (χ2n) is 7.50. The van der Waals surface area contributed by atoms with Crippen LogP contribution < -0.4 is 0 Å². The Morgan fingerprint density at radius 2 is 1.88 bits per heavy atom. The quantitative estimate of drug-likeness (QED) is 0.810. The van der Waals surface area contributed by atoms with Crippen LogP contribution in [0.3, 0.4) is 0 Å². The summed E-state index contributed by atoms with van der Waals surface area (Å²) in [4.78, 5) is 2.39. The molecule has 0 amide bonds. The SMILES string of the molecule is N#CC1(c2ccccc2)CCN(Cc2ccc([C@H]3CCCCO3)o2)CC1. The highest BCUT2D eigenvalue weighted by molar-refractivity contribution is 5.33. The summed E-state index contributed by atoms with van der Waals surface area (Å²) in [6.07, 6.45) is 5.28. The summed E-state index contributed by atoms with van der Waals surface area (Å²) < 4.78 is 11.9. The Hall–Kier alpha value is -2.09. The highest BCUT2D eigenvalue weighted by Crippen LogP contribution is 2.35. The molecule has 2 saturated heterocycles.